The van der Waals surface area contributed by atoms with E-state index in [-0.39, 0.29) is 23.5 Å². The third kappa shape index (κ3) is 2.89. The molecule has 2 aromatic rings. The summed E-state index contributed by atoms with van der Waals surface area (Å²) in [6.45, 7) is 1.64. The number of likely N-dealkylation sites (tertiary alicyclic amines) is 1. The molecule has 0 bridgehead atoms. The van der Waals surface area contributed by atoms with Crippen LogP contribution in [0.3, 0.4) is 0 Å². The summed E-state index contributed by atoms with van der Waals surface area (Å²) in [5.74, 6) is -0.393. The van der Waals surface area contributed by atoms with Crippen LogP contribution in [0, 0.1) is 5.82 Å². The molecule has 2 aliphatic rings. The Labute approximate surface area is 143 Å². The van der Waals surface area contributed by atoms with Gasteiger partial charge in [-0.25, -0.2) is 9.37 Å². The van der Waals surface area contributed by atoms with E-state index in [1.165, 1.54) is 29.7 Å². The van der Waals surface area contributed by atoms with Gasteiger partial charge in [-0.3, -0.25) is 4.79 Å². The van der Waals surface area contributed by atoms with Gasteiger partial charge in [-0.1, -0.05) is 0 Å². The summed E-state index contributed by atoms with van der Waals surface area (Å²) in [7, 11) is 0. The summed E-state index contributed by atoms with van der Waals surface area (Å²) < 4.78 is 25.3. The molecule has 0 aromatic carbocycles. The number of aromatic nitrogens is 1. The molecule has 2 aliphatic heterocycles. The van der Waals surface area contributed by atoms with E-state index in [0.29, 0.717) is 38.1 Å². The number of carbonyl (C=O) groups is 1. The second kappa shape index (κ2) is 6.14. The van der Waals surface area contributed by atoms with Crippen molar-refractivity contribution < 1.29 is 18.7 Å². The van der Waals surface area contributed by atoms with Gasteiger partial charge in [0.15, 0.2) is 5.82 Å². The van der Waals surface area contributed by atoms with E-state index in [4.69, 9.17) is 9.47 Å². The highest BCUT2D eigenvalue weighted by Crippen LogP contribution is 2.36. The quantitative estimate of drug-likeness (QED) is 0.856. The summed E-state index contributed by atoms with van der Waals surface area (Å²) >= 11 is 1.51. The lowest BCUT2D eigenvalue weighted by molar-refractivity contribution is -0.174. The minimum Gasteiger partial charge on any atom is -0.472 e. The molecule has 2 saturated heterocycles. The van der Waals surface area contributed by atoms with Crippen LogP contribution in [0.4, 0.5) is 4.39 Å². The van der Waals surface area contributed by atoms with Gasteiger partial charge in [0, 0.05) is 24.4 Å². The first-order chi connectivity index (χ1) is 11.7. The van der Waals surface area contributed by atoms with Crippen molar-refractivity contribution in [1.82, 2.24) is 9.88 Å². The zero-order valence-corrected chi connectivity index (χ0v) is 13.8. The fourth-order valence-corrected chi connectivity index (χ4v) is 3.91. The molecule has 4 heterocycles. The summed E-state index contributed by atoms with van der Waals surface area (Å²) in [4.78, 5) is 18.0. The number of ether oxygens (including phenoxy) is 2. The molecule has 7 heteroatoms. The highest BCUT2D eigenvalue weighted by atomic mass is 32.1. The smallest absolute Gasteiger partial charge is 0.254 e. The Hall–Kier alpha value is -1.99. The molecule has 24 heavy (non-hydrogen) atoms. The van der Waals surface area contributed by atoms with Crippen molar-refractivity contribution in [2.45, 2.75) is 24.5 Å². The van der Waals surface area contributed by atoms with Crippen molar-refractivity contribution in [3.05, 3.63) is 46.5 Å². The predicted octanol–water partition coefficient (Wildman–Crippen LogP) is 2.73. The van der Waals surface area contributed by atoms with Gasteiger partial charge in [0.2, 0.25) is 0 Å². The first kappa shape index (κ1) is 15.5. The van der Waals surface area contributed by atoms with E-state index in [1.807, 2.05) is 16.8 Å². The van der Waals surface area contributed by atoms with E-state index in [1.54, 1.807) is 4.90 Å². The molecule has 2 aromatic heterocycles. The number of pyridine rings is 1. The average Bonchev–Trinajstić information content (AvgIpc) is 3.09. The summed E-state index contributed by atoms with van der Waals surface area (Å²) in [6.07, 6.45) is 2.69. The average molecular weight is 348 g/mol. The SMILES string of the molecule is O=C(c1ccsc1)N1CC2(CC(Oc3ncccc3F)CCO2)C1. The number of hydrogen-bond donors (Lipinski definition) is 0. The lowest BCUT2D eigenvalue weighted by Crippen LogP contribution is -2.67. The standard InChI is InChI=1S/C17H17FN2O3S/c18-14-2-1-5-19-15(14)23-13-3-6-22-17(8-13)10-20(11-17)16(21)12-4-7-24-9-12/h1-2,4-5,7,9,13H,3,6,8,10-11H2. The van der Waals surface area contributed by atoms with Crippen LogP contribution in [0.2, 0.25) is 0 Å². The van der Waals surface area contributed by atoms with Gasteiger partial charge < -0.3 is 14.4 Å². The van der Waals surface area contributed by atoms with E-state index in [2.05, 4.69) is 4.98 Å². The fraction of sp³-hybridized carbons (Fsp3) is 0.412. The van der Waals surface area contributed by atoms with Crippen LogP contribution in [0.1, 0.15) is 23.2 Å². The Balaban J connectivity index is 1.38. The maximum Gasteiger partial charge on any atom is 0.254 e. The van der Waals surface area contributed by atoms with Crippen molar-refractivity contribution >= 4 is 17.2 Å². The normalized spacial score (nSPS) is 22.2. The van der Waals surface area contributed by atoms with Crippen molar-refractivity contribution in [2.75, 3.05) is 19.7 Å². The van der Waals surface area contributed by atoms with Crippen LogP contribution in [0.15, 0.2) is 35.2 Å². The highest BCUT2D eigenvalue weighted by Gasteiger charge is 2.50. The molecule has 1 unspecified atom stereocenters. The minimum absolute atomic E-state index is 0.0317. The number of halogens is 1. The zero-order valence-electron chi connectivity index (χ0n) is 13.0. The molecule has 4 rings (SSSR count). The van der Waals surface area contributed by atoms with Crippen LogP contribution in [0.5, 0.6) is 5.88 Å². The van der Waals surface area contributed by atoms with Crippen molar-refractivity contribution in [1.29, 1.82) is 0 Å². The molecule has 0 N–H and O–H groups in total. The molecule has 1 atom stereocenters. The number of carbonyl (C=O) groups excluding carboxylic acids is 1. The molecular weight excluding hydrogens is 331 g/mol. The van der Waals surface area contributed by atoms with Crippen LogP contribution >= 0.6 is 11.3 Å². The Morgan fingerprint density at radius 1 is 1.46 bits per heavy atom. The third-order valence-corrected chi connectivity index (χ3v) is 5.15. The van der Waals surface area contributed by atoms with E-state index in [0.717, 1.165) is 0 Å². The molecular formula is C17H17FN2O3S. The van der Waals surface area contributed by atoms with Gasteiger partial charge in [-0.15, -0.1) is 0 Å². The molecule has 0 saturated carbocycles. The second-order valence-corrected chi connectivity index (χ2v) is 7.01. The maximum absolute atomic E-state index is 13.7. The van der Waals surface area contributed by atoms with Crippen LogP contribution < -0.4 is 4.74 Å². The van der Waals surface area contributed by atoms with Crippen molar-refractivity contribution in [2.24, 2.45) is 0 Å². The van der Waals surface area contributed by atoms with Gasteiger partial charge in [-0.2, -0.15) is 11.3 Å². The Kier molecular flexibility index (Phi) is 3.97. The number of amides is 1. The van der Waals surface area contributed by atoms with Gasteiger partial charge in [0.1, 0.15) is 11.7 Å². The number of thiophene rings is 1. The third-order valence-electron chi connectivity index (χ3n) is 4.46. The number of nitrogens with zero attached hydrogens (tertiary/aromatic N) is 2. The number of rotatable bonds is 3. The lowest BCUT2D eigenvalue weighted by atomic mass is 9.84. The summed E-state index contributed by atoms with van der Waals surface area (Å²) in [5, 5.41) is 3.75. The topological polar surface area (TPSA) is 51.7 Å². The Morgan fingerprint density at radius 3 is 3.08 bits per heavy atom. The molecule has 0 aliphatic carbocycles. The van der Waals surface area contributed by atoms with E-state index in [9.17, 15) is 9.18 Å². The monoisotopic (exact) mass is 348 g/mol. The largest absolute Gasteiger partial charge is 0.472 e. The van der Waals surface area contributed by atoms with Crippen LogP contribution in [-0.4, -0.2) is 47.2 Å². The summed E-state index contributed by atoms with van der Waals surface area (Å²) in [5.41, 5.74) is 0.342. The molecule has 1 amide bonds. The van der Waals surface area contributed by atoms with Gasteiger partial charge >= 0.3 is 0 Å². The Morgan fingerprint density at radius 2 is 2.33 bits per heavy atom. The first-order valence-corrected chi connectivity index (χ1v) is 8.82. The molecule has 5 nitrogen and oxygen atoms in total. The summed E-state index contributed by atoms with van der Waals surface area (Å²) in [6, 6.07) is 4.70. The van der Waals surface area contributed by atoms with Gasteiger partial charge in [0.25, 0.3) is 11.8 Å². The molecule has 126 valence electrons. The van der Waals surface area contributed by atoms with E-state index >= 15 is 0 Å². The predicted molar refractivity (Wildman–Crippen MR) is 86.8 cm³/mol. The number of hydrogen-bond acceptors (Lipinski definition) is 5. The fourth-order valence-electron chi connectivity index (χ4n) is 3.28. The highest BCUT2D eigenvalue weighted by molar-refractivity contribution is 7.08. The Bertz CT molecular complexity index is 731. The minimum atomic E-state index is -0.457. The van der Waals surface area contributed by atoms with Crippen molar-refractivity contribution in [3.63, 3.8) is 0 Å². The van der Waals surface area contributed by atoms with E-state index < -0.39 is 5.82 Å². The van der Waals surface area contributed by atoms with Crippen LogP contribution in [0.25, 0.3) is 0 Å². The van der Waals surface area contributed by atoms with Gasteiger partial charge in [-0.05, 0) is 23.6 Å². The maximum atomic E-state index is 13.7. The second-order valence-electron chi connectivity index (χ2n) is 6.23. The van der Waals surface area contributed by atoms with Crippen molar-refractivity contribution in [3.8, 4) is 5.88 Å². The molecule has 1 spiro atoms. The zero-order chi connectivity index (χ0) is 16.6. The van der Waals surface area contributed by atoms with Crippen LogP contribution in [-0.2, 0) is 4.74 Å². The first-order valence-electron chi connectivity index (χ1n) is 7.88. The lowest BCUT2D eigenvalue weighted by Gasteiger charge is -2.52. The molecule has 0 radical (unpaired) electrons. The molecule has 2 fully saturated rings. The van der Waals surface area contributed by atoms with Gasteiger partial charge in [0.05, 0.1) is 25.3 Å².